The first-order valence-corrected chi connectivity index (χ1v) is 5.75. The molecule has 0 saturated heterocycles. The smallest absolute Gasteiger partial charge is 0.260 e. The van der Waals surface area contributed by atoms with Gasteiger partial charge in [0.25, 0.3) is 5.91 Å². The summed E-state index contributed by atoms with van der Waals surface area (Å²) in [5.74, 6) is -0.490. The van der Waals surface area contributed by atoms with Crippen LogP contribution in [0.1, 0.15) is 24.2 Å². The second kappa shape index (κ2) is 5.75. The van der Waals surface area contributed by atoms with E-state index in [1.54, 1.807) is 12.1 Å². The third-order valence-electron chi connectivity index (χ3n) is 2.80. The molecular formula is C13H17ClN4O. The van der Waals surface area contributed by atoms with Gasteiger partial charge in [0.05, 0.1) is 0 Å². The van der Waals surface area contributed by atoms with Gasteiger partial charge in [0, 0.05) is 23.3 Å². The minimum absolute atomic E-state index is 0. The lowest BCUT2D eigenvalue weighted by Gasteiger charge is -2.24. The highest BCUT2D eigenvalue weighted by molar-refractivity contribution is 6.06. The van der Waals surface area contributed by atoms with Gasteiger partial charge in [-0.3, -0.25) is 15.1 Å². The molecule has 1 heterocycles. The number of nitrogens with zero attached hydrogens (tertiary/aromatic N) is 1. The van der Waals surface area contributed by atoms with E-state index in [4.69, 9.17) is 11.1 Å². The Balaban J connectivity index is 0.00000180. The normalized spacial score (nSPS) is 10.3. The topological polar surface area (TPSA) is 86.0 Å². The fraction of sp³-hybridized carbons (Fsp3) is 0.231. The number of guanidine groups is 1. The highest BCUT2D eigenvalue weighted by Gasteiger charge is 2.21. The van der Waals surface area contributed by atoms with E-state index in [0.717, 1.165) is 10.9 Å². The highest BCUT2D eigenvalue weighted by Crippen LogP contribution is 2.16. The standard InChI is InChI=1S/C13H16N4O.ClH/c1-8(2)17(13(14)15)12(18)10-4-3-9-5-6-16-11(9)7-10;/h3-8,16H,1-2H3,(H3,14,15);1H. The number of hydrogen-bond acceptors (Lipinski definition) is 2. The number of rotatable bonds is 2. The van der Waals surface area contributed by atoms with E-state index in [1.165, 1.54) is 4.90 Å². The van der Waals surface area contributed by atoms with Gasteiger partial charge in [0.15, 0.2) is 5.96 Å². The van der Waals surface area contributed by atoms with Crippen LogP contribution < -0.4 is 5.73 Å². The first kappa shape index (κ1) is 15.0. The van der Waals surface area contributed by atoms with Gasteiger partial charge >= 0.3 is 0 Å². The summed E-state index contributed by atoms with van der Waals surface area (Å²) in [6, 6.07) is 7.19. The predicted molar refractivity (Wildman–Crippen MR) is 78.8 cm³/mol. The number of H-pyrrole nitrogens is 1. The van der Waals surface area contributed by atoms with Gasteiger partial charge in [-0.1, -0.05) is 6.07 Å². The van der Waals surface area contributed by atoms with Crippen LogP contribution >= 0.6 is 12.4 Å². The van der Waals surface area contributed by atoms with E-state index in [0.29, 0.717) is 5.56 Å². The number of nitrogens with one attached hydrogen (secondary N) is 2. The number of benzene rings is 1. The molecule has 0 fully saturated rings. The van der Waals surface area contributed by atoms with Crippen molar-refractivity contribution in [1.29, 1.82) is 5.41 Å². The van der Waals surface area contributed by atoms with Gasteiger partial charge in [0.2, 0.25) is 0 Å². The van der Waals surface area contributed by atoms with Crippen molar-refractivity contribution in [3.05, 3.63) is 36.0 Å². The van der Waals surface area contributed by atoms with E-state index in [9.17, 15) is 4.79 Å². The van der Waals surface area contributed by atoms with Crippen LogP contribution in [0.2, 0.25) is 0 Å². The first-order valence-electron chi connectivity index (χ1n) is 5.75. The number of carbonyl (C=O) groups excluding carboxylic acids is 1. The third-order valence-corrected chi connectivity index (χ3v) is 2.80. The second-order valence-electron chi connectivity index (χ2n) is 4.43. The molecule has 1 aromatic heterocycles. The summed E-state index contributed by atoms with van der Waals surface area (Å²) in [5, 5.41) is 8.52. The van der Waals surface area contributed by atoms with Crippen LogP contribution in [0.4, 0.5) is 0 Å². The Labute approximate surface area is 117 Å². The van der Waals surface area contributed by atoms with E-state index in [1.807, 2.05) is 32.2 Å². The van der Waals surface area contributed by atoms with Crippen LogP contribution in [0.5, 0.6) is 0 Å². The number of hydrogen-bond donors (Lipinski definition) is 3. The maximum atomic E-state index is 12.3. The molecule has 0 unspecified atom stereocenters. The molecule has 0 aliphatic rings. The van der Waals surface area contributed by atoms with Crippen LogP contribution in [0.3, 0.4) is 0 Å². The van der Waals surface area contributed by atoms with Gasteiger partial charge in [-0.15, -0.1) is 12.4 Å². The number of fused-ring (bicyclic) bond motifs is 1. The van der Waals surface area contributed by atoms with Crippen molar-refractivity contribution in [3.63, 3.8) is 0 Å². The van der Waals surface area contributed by atoms with E-state index >= 15 is 0 Å². The van der Waals surface area contributed by atoms with Crippen molar-refractivity contribution in [2.24, 2.45) is 5.73 Å². The lowest BCUT2D eigenvalue weighted by molar-refractivity contribution is 0.0816. The zero-order valence-corrected chi connectivity index (χ0v) is 11.6. The highest BCUT2D eigenvalue weighted by atomic mass is 35.5. The quantitative estimate of drug-likeness (QED) is 0.582. The Morgan fingerprint density at radius 3 is 2.63 bits per heavy atom. The van der Waals surface area contributed by atoms with E-state index in [2.05, 4.69) is 4.98 Å². The molecule has 0 spiro atoms. The molecule has 0 bridgehead atoms. The van der Waals surface area contributed by atoms with Crippen LogP contribution in [-0.2, 0) is 0 Å². The Hall–Kier alpha value is -2.01. The fourth-order valence-electron chi connectivity index (χ4n) is 1.94. The number of aromatic nitrogens is 1. The second-order valence-corrected chi connectivity index (χ2v) is 4.43. The monoisotopic (exact) mass is 280 g/mol. The Bertz CT molecular complexity index is 605. The van der Waals surface area contributed by atoms with Crippen molar-refractivity contribution in [2.75, 3.05) is 0 Å². The van der Waals surface area contributed by atoms with Crippen molar-refractivity contribution >= 4 is 35.2 Å². The van der Waals surface area contributed by atoms with Crippen molar-refractivity contribution < 1.29 is 4.79 Å². The molecule has 2 aromatic rings. The van der Waals surface area contributed by atoms with Gasteiger partial charge in [-0.2, -0.15) is 0 Å². The molecule has 1 amide bonds. The molecule has 19 heavy (non-hydrogen) atoms. The summed E-state index contributed by atoms with van der Waals surface area (Å²) in [4.78, 5) is 16.6. The summed E-state index contributed by atoms with van der Waals surface area (Å²) in [6.45, 7) is 3.65. The SMILES string of the molecule is CC(C)N(C(=N)N)C(=O)c1ccc2cc[nH]c2c1.Cl. The lowest BCUT2D eigenvalue weighted by atomic mass is 10.1. The number of aromatic amines is 1. The molecule has 1 aromatic carbocycles. The zero-order chi connectivity index (χ0) is 13.3. The summed E-state index contributed by atoms with van der Waals surface area (Å²) in [5.41, 5.74) is 6.87. The van der Waals surface area contributed by atoms with Crippen molar-refractivity contribution in [3.8, 4) is 0 Å². The summed E-state index contributed by atoms with van der Waals surface area (Å²) in [7, 11) is 0. The lowest BCUT2D eigenvalue weighted by Crippen LogP contribution is -2.45. The molecule has 0 saturated carbocycles. The average molecular weight is 281 g/mol. The Morgan fingerprint density at radius 1 is 1.37 bits per heavy atom. The molecule has 102 valence electrons. The number of amides is 1. The molecule has 0 radical (unpaired) electrons. The molecule has 6 heteroatoms. The van der Waals surface area contributed by atoms with Crippen LogP contribution in [0, 0.1) is 5.41 Å². The fourth-order valence-corrected chi connectivity index (χ4v) is 1.94. The van der Waals surface area contributed by atoms with Gasteiger partial charge in [0.1, 0.15) is 0 Å². The van der Waals surface area contributed by atoms with Gasteiger partial charge < -0.3 is 10.7 Å². The zero-order valence-electron chi connectivity index (χ0n) is 10.8. The predicted octanol–water partition coefficient (Wildman–Crippen LogP) is 2.33. The van der Waals surface area contributed by atoms with E-state index < -0.39 is 0 Å². The van der Waals surface area contributed by atoms with Crippen LogP contribution in [-0.4, -0.2) is 27.8 Å². The maximum Gasteiger partial charge on any atom is 0.260 e. The maximum absolute atomic E-state index is 12.3. The number of halogens is 1. The first-order chi connectivity index (χ1) is 8.50. The minimum Gasteiger partial charge on any atom is -0.370 e. The van der Waals surface area contributed by atoms with Crippen molar-refractivity contribution in [2.45, 2.75) is 19.9 Å². The number of carbonyl (C=O) groups is 1. The summed E-state index contributed by atoms with van der Waals surface area (Å²) in [6.07, 6.45) is 1.82. The van der Waals surface area contributed by atoms with Crippen LogP contribution in [0.25, 0.3) is 10.9 Å². The molecule has 0 aliphatic carbocycles. The molecule has 0 aliphatic heterocycles. The van der Waals surface area contributed by atoms with Crippen LogP contribution in [0.15, 0.2) is 30.5 Å². The van der Waals surface area contributed by atoms with Crippen molar-refractivity contribution in [1.82, 2.24) is 9.88 Å². The van der Waals surface area contributed by atoms with E-state index in [-0.39, 0.29) is 30.3 Å². The number of nitrogens with two attached hydrogens (primary N) is 1. The van der Waals surface area contributed by atoms with Gasteiger partial charge in [-0.05, 0) is 37.4 Å². The molecule has 4 N–H and O–H groups in total. The Morgan fingerprint density at radius 2 is 2.05 bits per heavy atom. The molecule has 5 nitrogen and oxygen atoms in total. The molecule has 2 rings (SSSR count). The summed E-state index contributed by atoms with van der Waals surface area (Å²) >= 11 is 0. The van der Waals surface area contributed by atoms with Gasteiger partial charge in [-0.25, -0.2) is 0 Å². The largest absolute Gasteiger partial charge is 0.370 e. The Kier molecular flexibility index (Phi) is 4.56. The summed E-state index contributed by atoms with van der Waals surface area (Å²) < 4.78 is 0. The minimum atomic E-state index is -0.256. The molecular weight excluding hydrogens is 264 g/mol. The third kappa shape index (κ3) is 2.88. The average Bonchev–Trinajstić information content (AvgIpc) is 2.74. The molecule has 0 atom stereocenters.